The number of hydrogen-bond acceptors (Lipinski definition) is 6. The minimum atomic E-state index is -5.18. The zero-order chi connectivity index (χ0) is 35.8. The van der Waals surface area contributed by atoms with Gasteiger partial charge in [0.05, 0.1) is 29.0 Å². The van der Waals surface area contributed by atoms with Crippen LogP contribution in [0.3, 0.4) is 0 Å². The first-order valence-electron chi connectivity index (χ1n) is 16.9. The Morgan fingerprint density at radius 3 is 2.06 bits per heavy atom. The number of piperidine rings is 3. The number of nitrogens with zero attached hydrogens (tertiary/aromatic N) is 3. The van der Waals surface area contributed by atoms with E-state index in [0.29, 0.717) is 56.4 Å². The molecule has 0 radical (unpaired) electrons. The van der Waals surface area contributed by atoms with Crippen molar-refractivity contribution in [1.29, 1.82) is 0 Å². The number of nitrogen functional groups attached to an aromatic ring is 1. The molecule has 5 heterocycles. The molecule has 0 spiro atoms. The zero-order valence-electron chi connectivity index (χ0n) is 27.3. The fourth-order valence-electron chi connectivity index (χ4n) is 7.78. The molecule has 0 unspecified atom stereocenters. The van der Waals surface area contributed by atoms with E-state index in [2.05, 4.69) is 16.0 Å². The minimum absolute atomic E-state index is 0.151. The van der Waals surface area contributed by atoms with Gasteiger partial charge in [0.25, 0.3) is 0 Å². The fraction of sp³-hybridized carbons (Fsp3) is 0.606. The number of thiophene rings is 1. The Morgan fingerprint density at radius 2 is 1.46 bits per heavy atom. The molecule has 10 nitrogen and oxygen atoms in total. The highest BCUT2D eigenvalue weighted by molar-refractivity contribution is 7.08. The molecule has 6 rings (SSSR count). The molecule has 274 valence electrons. The van der Waals surface area contributed by atoms with E-state index in [4.69, 9.17) is 5.73 Å². The Morgan fingerprint density at radius 1 is 0.880 bits per heavy atom. The lowest BCUT2D eigenvalue weighted by molar-refractivity contribution is -0.141. The van der Waals surface area contributed by atoms with Crippen molar-refractivity contribution in [2.45, 2.75) is 75.9 Å². The predicted molar refractivity (Wildman–Crippen MR) is 175 cm³/mol. The SMILES string of the molecule is Nc1c(C(F)(F)F)cc(C[C@@H](NC(=O)N2CCC(N3Cc4cscc4NC3=O)CC2)C(=O)N2CCC(C3CCNCC3)CC2)cc1C(F)(F)F. The summed E-state index contributed by atoms with van der Waals surface area (Å²) >= 11 is 1.49. The van der Waals surface area contributed by atoms with Gasteiger partial charge in [0.15, 0.2) is 0 Å². The predicted octanol–water partition coefficient (Wildman–Crippen LogP) is 5.74. The van der Waals surface area contributed by atoms with Crippen molar-refractivity contribution in [1.82, 2.24) is 25.3 Å². The van der Waals surface area contributed by atoms with E-state index in [1.807, 2.05) is 10.8 Å². The molecular weight excluding hydrogens is 688 g/mol. The Hall–Kier alpha value is -3.73. The molecule has 2 aromatic rings. The van der Waals surface area contributed by atoms with Gasteiger partial charge in [0.1, 0.15) is 6.04 Å². The van der Waals surface area contributed by atoms with Crippen LogP contribution in [0.15, 0.2) is 22.9 Å². The molecule has 1 aromatic heterocycles. The van der Waals surface area contributed by atoms with Crippen LogP contribution in [0.4, 0.5) is 47.3 Å². The van der Waals surface area contributed by atoms with Crippen molar-refractivity contribution in [3.05, 3.63) is 45.1 Å². The number of urea groups is 2. The standard InChI is InChI=1S/C33H41F6N7O3S/c34-32(35,36)24-13-19(14-25(28(24)40)33(37,38)39)15-26(29(47)44-9-3-21(4-10-44)20-1-7-41-8-2-20)42-30(48)45-11-5-23(6-12-45)46-16-22-17-50-18-27(22)43-31(46)49/h13-14,17-18,20-21,23,26,41H,1-12,15-16,40H2,(H,42,48)(H,43,49)/t26-/m1/s1. The molecule has 0 saturated carbocycles. The lowest BCUT2D eigenvalue weighted by Gasteiger charge is -2.41. The van der Waals surface area contributed by atoms with Crippen LogP contribution in [0, 0.1) is 11.8 Å². The summed E-state index contributed by atoms with van der Waals surface area (Å²) in [6, 6.07) is -1.41. The van der Waals surface area contributed by atoms with Crippen LogP contribution in [0.25, 0.3) is 0 Å². The van der Waals surface area contributed by atoms with Crippen LogP contribution >= 0.6 is 11.3 Å². The number of rotatable bonds is 6. The number of fused-ring (bicyclic) bond motifs is 1. The third-order valence-electron chi connectivity index (χ3n) is 10.6. The summed E-state index contributed by atoms with van der Waals surface area (Å²) in [6.07, 6.45) is -6.55. The molecular formula is C33H41F6N7O3S. The zero-order valence-corrected chi connectivity index (χ0v) is 28.2. The first kappa shape index (κ1) is 36.1. The van der Waals surface area contributed by atoms with Crippen LogP contribution in [0.1, 0.15) is 60.8 Å². The number of hydrogen-bond donors (Lipinski definition) is 4. The highest BCUT2D eigenvalue weighted by atomic mass is 32.1. The number of likely N-dealkylation sites (tertiary alicyclic amines) is 2. The summed E-state index contributed by atoms with van der Waals surface area (Å²) in [5, 5.41) is 12.7. The average Bonchev–Trinajstić information content (AvgIpc) is 3.54. The van der Waals surface area contributed by atoms with Crippen molar-refractivity contribution in [3.8, 4) is 0 Å². The molecule has 0 aliphatic carbocycles. The molecule has 5 amide bonds. The van der Waals surface area contributed by atoms with Crippen molar-refractivity contribution in [2.75, 3.05) is 50.3 Å². The lowest BCUT2D eigenvalue weighted by Crippen LogP contribution is -2.57. The van der Waals surface area contributed by atoms with Gasteiger partial charge in [0, 0.05) is 49.6 Å². The maximum absolute atomic E-state index is 14.0. The van der Waals surface area contributed by atoms with Crippen molar-refractivity contribution < 1.29 is 40.7 Å². The molecule has 4 aliphatic heterocycles. The maximum atomic E-state index is 14.0. The smallest absolute Gasteiger partial charge is 0.398 e. The van der Waals surface area contributed by atoms with Crippen LogP contribution in [0.5, 0.6) is 0 Å². The number of carbonyl (C=O) groups is 3. The van der Waals surface area contributed by atoms with Gasteiger partial charge in [-0.05, 0) is 86.5 Å². The number of amides is 5. The first-order valence-corrected chi connectivity index (χ1v) is 17.9. The molecule has 3 saturated heterocycles. The monoisotopic (exact) mass is 729 g/mol. The second kappa shape index (κ2) is 14.5. The summed E-state index contributed by atoms with van der Waals surface area (Å²) in [5.74, 6) is 0.365. The number of alkyl halides is 6. The van der Waals surface area contributed by atoms with Crippen LogP contribution in [-0.4, -0.2) is 84.0 Å². The highest BCUT2D eigenvalue weighted by Crippen LogP contribution is 2.42. The Kier molecular flexibility index (Phi) is 10.4. The minimum Gasteiger partial charge on any atom is -0.398 e. The van der Waals surface area contributed by atoms with Crippen LogP contribution < -0.4 is 21.7 Å². The van der Waals surface area contributed by atoms with Gasteiger partial charge >= 0.3 is 24.4 Å². The molecule has 1 atom stereocenters. The van der Waals surface area contributed by atoms with E-state index in [1.165, 1.54) is 16.2 Å². The summed E-state index contributed by atoms with van der Waals surface area (Å²) in [5.41, 5.74) is 1.96. The lowest BCUT2D eigenvalue weighted by atomic mass is 9.79. The summed E-state index contributed by atoms with van der Waals surface area (Å²) in [6.45, 7) is 3.51. The van der Waals surface area contributed by atoms with Gasteiger partial charge in [0.2, 0.25) is 5.91 Å². The van der Waals surface area contributed by atoms with E-state index in [0.717, 1.165) is 50.0 Å². The first-order chi connectivity index (χ1) is 23.7. The third kappa shape index (κ3) is 7.92. The Balaban J connectivity index is 1.18. The summed E-state index contributed by atoms with van der Waals surface area (Å²) in [4.78, 5) is 45.1. The fourth-order valence-corrected chi connectivity index (χ4v) is 8.56. The van der Waals surface area contributed by atoms with Gasteiger partial charge in [-0.1, -0.05) is 0 Å². The third-order valence-corrected chi connectivity index (χ3v) is 11.4. The van der Waals surface area contributed by atoms with E-state index in [-0.39, 0.29) is 25.2 Å². The molecule has 17 heteroatoms. The molecule has 4 aliphatic rings. The van der Waals surface area contributed by atoms with Gasteiger partial charge in [-0.3, -0.25) is 4.79 Å². The largest absolute Gasteiger partial charge is 0.418 e. The maximum Gasteiger partial charge on any atom is 0.418 e. The molecule has 3 fully saturated rings. The molecule has 1 aromatic carbocycles. The van der Waals surface area contributed by atoms with Crippen LogP contribution in [-0.2, 0) is 30.1 Å². The number of nitrogens with two attached hydrogens (primary N) is 1. The number of anilines is 2. The van der Waals surface area contributed by atoms with E-state index in [9.17, 15) is 40.7 Å². The normalized spacial score (nSPS) is 20.8. The van der Waals surface area contributed by atoms with E-state index < -0.39 is 59.1 Å². The summed E-state index contributed by atoms with van der Waals surface area (Å²) in [7, 11) is 0. The van der Waals surface area contributed by atoms with Crippen molar-refractivity contribution in [2.24, 2.45) is 11.8 Å². The molecule has 5 N–H and O–H groups in total. The molecule has 0 bridgehead atoms. The second-order valence-electron chi connectivity index (χ2n) is 13.6. The number of benzene rings is 1. The van der Waals surface area contributed by atoms with Gasteiger partial charge in [-0.25, -0.2) is 9.59 Å². The van der Waals surface area contributed by atoms with Gasteiger partial charge in [-0.2, -0.15) is 26.3 Å². The van der Waals surface area contributed by atoms with E-state index in [1.54, 1.807) is 9.80 Å². The Labute approximate surface area is 289 Å². The van der Waals surface area contributed by atoms with Crippen molar-refractivity contribution in [3.63, 3.8) is 0 Å². The second-order valence-corrected chi connectivity index (χ2v) is 14.4. The quantitative estimate of drug-likeness (QED) is 0.223. The van der Waals surface area contributed by atoms with Gasteiger partial charge in [-0.15, -0.1) is 11.3 Å². The van der Waals surface area contributed by atoms with Crippen LogP contribution in [0.2, 0.25) is 0 Å². The Bertz CT molecular complexity index is 1530. The van der Waals surface area contributed by atoms with E-state index >= 15 is 0 Å². The van der Waals surface area contributed by atoms with Crippen molar-refractivity contribution >= 4 is 40.7 Å². The number of carbonyl (C=O) groups excluding carboxylic acids is 3. The summed E-state index contributed by atoms with van der Waals surface area (Å²) < 4.78 is 83.1. The topological polar surface area (TPSA) is 123 Å². The van der Waals surface area contributed by atoms with Gasteiger partial charge < -0.3 is 36.4 Å². The highest BCUT2D eigenvalue weighted by Gasteiger charge is 2.42. The average molecular weight is 730 g/mol. The molecule has 50 heavy (non-hydrogen) atoms. The number of nitrogens with one attached hydrogen (secondary N) is 3. The number of halogens is 6.